The number of halogens is 1. The van der Waals surface area contributed by atoms with Gasteiger partial charge in [0, 0.05) is 25.3 Å². The molecule has 0 aromatic carbocycles. The molecule has 14 heavy (non-hydrogen) atoms. The number of alkyl halides is 1. The van der Waals surface area contributed by atoms with Gasteiger partial charge in [0.05, 0.1) is 7.11 Å². The Labute approximate surface area is 88.9 Å². The first-order valence-electron chi connectivity index (χ1n) is 4.60. The molecule has 1 N–H and O–H groups in total. The largest absolute Gasteiger partial charge is 0.469 e. The van der Waals surface area contributed by atoms with E-state index in [1.807, 2.05) is 0 Å². The molecule has 0 aliphatic heterocycles. The average Bonchev–Trinajstić information content (AvgIpc) is 2.21. The molecule has 0 heterocycles. The fraction of sp³-hybridized carbons (Fsp3) is 0.778. The molecule has 0 unspecified atom stereocenters. The maximum atomic E-state index is 11.0. The van der Waals surface area contributed by atoms with Crippen LogP contribution in [-0.4, -0.2) is 31.4 Å². The summed E-state index contributed by atoms with van der Waals surface area (Å²) in [6.07, 6.45) is 2.08. The van der Waals surface area contributed by atoms with Crippen LogP contribution in [0.1, 0.15) is 25.7 Å². The predicted octanol–water partition coefficient (Wildman–Crippen LogP) is 1.07. The summed E-state index contributed by atoms with van der Waals surface area (Å²) in [6.45, 7) is 0.510. The number of hydrogen-bond donors (Lipinski definition) is 1. The number of esters is 1. The Balaban J connectivity index is 3.27. The molecule has 82 valence electrons. The van der Waals surface area contributed by atoms with Crippen LogP contribution in [-0.2, 0) is 14.3 Å². The van der Waals surface area contributed by atoms with E-state index in [1.165, 1.54) is 7.11 Å². The summed E-state index contributed by atoms with van der Waals surface area (Å²) in [7, 11) is 1.35. The highest BCUT2D eigenvalue weighted by atomic mass is 35.5. The Morgan fingerprint density at radius 1 is 1.29 bits per heavy atom. The summed E-state index contributed by atoms with van der Waals surface area (Å²) < 4.78 is 4.45. The number of nitrogens with one attached hydrogen (secondary N) is 1. The number of rotatable bonds is 7. The van der Waals surface area contributed by atoms with Crippen molar-refractivity contribution in [3.05, 3.63) is 0 Å². The van der Waals surface area contributed by atoms with Crippen molar-refractivity contribution in [2.24, 2.45) is 0 Å². The second-order valence-corrected chi connectivity index (χ2v) is 3.20. The van der Waals surface area contributed by atoms with Crippen LogP contribution in [0.4, 0.5) is 0 Å². The van der Waals surface area contributed by atoms with Crippen LogP contribution < -0.4 is 5.32 Å². The molecule has 0 aromatic rings. The molecule has 5 heteroatoms. The molecule has 4 nitrogen and oxygen atoms in total. The molecule has 0 fully saturated rings. The minimum atomic E-state index is -0.250. The first-order chi connectivity index (χ1) is 6.70. The Hall–Kier alpha value is -0.770. The lowest BCUT2D eigenvalue weighted by molar-refractivity contribution is -0.140. The minimum absolute atomic E-state index is 0.0180. The van der Waals surface area contributed by atoms with Gasteiger partial charge in [-0.3, -0.25) is 9.59 Å². The van der Waals surface area contributed by atoms with Crippen LogP contribution in [0.5, 0.6) is 0 Å². The van der Waals surface area contributed by atoms with Crippen LogP contribution in [0.25, 0.3) is 0 Å². The van der Waals surface area contributed by atoms with E-state index in [1.54, 1.807) is 0 Å². The lowest BCUT2D eigenvalue weighted by Gasteiger charge is -2.03. The molecule has 0 saturated heterocycles. The van der Waals surface area contributed by atoms with Gasteiger partial charge in [0.1, 0.15) is 0 Å². The first-order valence-corrected chi connectivity index (χ1v) is 5.13. The van der Waals surface area contributed by atoms with Crippen LogP contribution in [0, 0.1) is 0 Å². The van der Waals surface area contributed by atoms with Crippen molar-refractivity contribution in [1.29, 1.82) is 0 Å². The minimum Gasteiger partial charge on any atom is -0.469 e. The van der Waals surface area contributed by atoms with E-state index in [2.05, 4.69) is 10.1 Å². The first kappa shape index (κ1) is 13.2. The number of hydrogen-bond acceptors (Lipinski definition) is 3. The van der Waals surface area contributed by atoms with Crippen molar-refractivity contribution >= 4 is 23.5 Å². The molecule has 0 bridgehead atoms. The third kappa shape index (κ3) is 7.86. The van der Waals surface area contributed by atoms with Gasteiger partial charge in [0.2, 0.25) is 5.91 Å². The van der Waals surface area contributed by atoms with Gasteiger partial charge in [0.15, 0.2) is 0 Å². The number of ether oxygens (including phenoxy) is 1. The van der Waals surface area contributed by atoms with E-state index in [9.17, 15) is 9.59 Å². The third-order valence-electron chi connectivity index (χ3n) is 1.64. The zero-order valence-corrected chi connectivity index (χ0v) is 9.10. The van der Waals surface area contributed by atoms with Gasteiger partial charge < -0.3 is 10.1 Å². The summed E-state index contributed by atoms with van der Waals surface area (Å²) in [6, 6.07) is 0. The maximum Gasteiger partial charge on any atom is 0.305 e. The van der Waals surface area contributed by atoms with E-state index in [0.29, 0.717) is 38.1 Å². The number of carbonyl (C=O) groups excluding carboxylic acids is 2. The molecular formula is C9H16ClNO3. The monoisotopic (exact) mass is 221 g/mol. The maximum absolute atomic E-state index is 11.0. The van der Waals surface area contributed by atoms with Crippen LogP contribution in [0.15, 0.2) is 0 Å². The lowest BCUT2D eigenvalue weighted by Crippen LogP contribution is -2.24. The quantitative estimate of drug-likeness (QED) is 0.398. The second-order valence-electron chi connectivity index (χ2n) is 2.82. The van der Waals surface area contributed by atoms with Crippen molar-refractivity contribution in [2.45, 2.75) is 25.7 Å². The molecule has 1 amide bonds. The zero-order chi connectivity index (χ0) is 10.8. The molecule has 0 aliphatic carbocycles. The highest BCUT2D eigenvalue weighted by molar-refractivity contribution is 6.17. The fourth-order valence-corrected chi connectivity index (χ4v) is 1.01. The normalized spacial score (nSPS) is 9.57. The fourth-order valence-electron chi connectivity index (χ4n) is 0.878. The molecular weight excluding hydrogens is 206 g/mol. The topological polar surface area (TPSA) is 55.4 Å². The summed E-state index contributed by atoms with van der Waals surface area (Å²) in [5.41, 5.74) is 0. The van der Waals surface area contributed by atoms with Gasteiger partial charge in [0.25, 0.3) is 0 Å². The molecule has 0 aromatic heterocycles. The van der Waals surface area contributed by atoms with Crippen LogP contribution in [0.2, 0.25) is 0 Å². The summed E-state index contributed by atoms with van der Waals surface area (Å²) >= 11 is 5.43. The molecule has 0 saturated carbocycles. The molecule has 0 aliphatic rings. The van der Waals surface area contributed by atoms with Gasteiger partial charge in [-0.2, -0.15) is 0 Å². The van der Waals surface area contributed by atoms with E-state index in [-0.39, 0.29) is 11.9 Å². The SMILES string of the molecule is COC(=O)CCCNC(=O)CCCCl. The Morgan fingerprint density at radius 3 is 2.57 bits per heavy atom. The highest BCUT2D eigenvalue weighted by Gasteiger charge is 2.02. The van der Waals surface area contributed by atoms with Crippen molar-refractivity contribution in [1.82, 2.24) is 5.32 Å². The van der Waals surface area contributed by atoms with Crippen LogP contribution in [0.3, 0.4) is 0 Å². The summed E-state index contributed by atoms with van der Waals surface area (Å²) in [5, 5.41) is 2.69. The Kier molecular flexibility index (Phi) is 8.33. The molecule has 0 radical (unpaired) electrons. The average molecular weight is 222 g/mol. The van der Waals surface area contributed by atoms with E-state index < -0.39 is 0 Å². The van der Waals surface area contributed by atoms with Gasteiger partial charge in [-0.1, -0.05) is 0 Å². The van der Waals surface area contributed by atoms with Gasteiger partial charge in [-0.05, 0) is 12.8 Å². The zero-order valence-electron chi connectivity index (χ0n) is 8.35. The number of carbonyl (C=O) groups is 2. The van der Waals surface area contributed by atoms with Crippen molar-refractivity contribution < 1.29 is 14.3 Å². The highest BCUT2D eigenvalue weighted by Crippen LogP contribution is 1.93. The molecule has 0 rings (SSSR count). The molecule has 0 atom stereocenters. The standard InChI is InChI=1S/C9H16ClNO3/c1-14-9(13)5-3-7-11-8(12)4-2-6-10/h2-7H2,1H3,(H,11,12). The van der Waals surface area contributed by atoms with Gasteiger partial charge in [-0.15, -0.1) is 11.6 Å². The molecule has 0 spiro atoms. The van der Waals surface area contributed by atoms with Crippen LogP contribution >= 0.6 is 11.6 Å². The third-order valence-corrected chi connectivity index (χ3v) is 1.91. The smallest absolute Gasteiger partial charge is 0.305 e. The van der Waals surface area contributed by atoms with Gasteiger partial charge >= 0.3 is 5.97 Å². The van der Waals surface area contributed by atoms with Crippen molar-refractivity contribution in [3.8, 4) is 0 Å². The summed E-state index contributed by atoms with van der Waals surface area (Å²) in [5.74, 6) is 0.228. The van der Waals surface area contributed by atoms with Crippen molar-refractivity contribution in [3.63, 3.8) is 0 Å². The number of methoxy groups -OCH3 is 1. The Bertz CT molecular complexity index is 185. The van der Waals surface area contributed by atoms with E-state index in [4.69, 9.17) is 11.6 Å². The Morgan fingerprint density at radius 2 is 2.00 bits per heavy atom. The van der Waals surface area contributed by atoms with Gasteiger partial charge in [-0.25, -0.2) is 0 Å². The van der Waals surface area contributed by atoms with Crippen molar-refractivity contribution in [2.75, 3.05) is 19.5 Å². The second kappa shape index (κ2) is 8.81. The predicted molar refractivity (Wildman–Crippen MR) is 54.2 cm³/mol. The van der Waals surface area contributed by atoms with E-state index >= 15 is 0 Å². The number of amides is 1. The summed E-state index contributed by atoms with van der Waals surface area (Å²) in [4.78, 5) is 21.7. The van der Waals surface area contributed by atoms with E-state index in [0.717, 1.165) is 0 Å². The lowest BCUT2D eigenvalue weighted by atomic mass is 10.3.